The molecule has 0 aromatic heterocycles. The van der Waals surface area contributed by atoms with Gasteiger partial charge in [0.15, 0.2) is 0 Å². The molecule has 0 N–H and O–H groups in total. The molecule has 8 rings (SSSR count). The van der Waals surface area contributed by atoms with E-state index < -0.39 is 5.41 Å². The Morgan fingerprint density at radius 1 is 0.475 bits per heavy atom. The van der Waals surface area contributed by atoms with Gasteiger partial charge in [-0.25, -0.2) is 0 Å². The van der Waals surface area contributed by atoms with E-state index in [2.05, 4.69) is 133 Å². The number of nitrogens with zero attached hydrogens (tertiary/aromatic N) is 1. The fourth-order valence-corrected chi connectivity index (χ4v) is 7.31. The van der Waals surface area contributed by atoms with Crippen LogP contribution in [0.15, 0.2) is 146 Å². The molecule has 0 unspecified atom stereocenters. The van der Waals surface area contributed by atoms with Crippen LogP contribution in [0, 0.1) is 11.3 Å². The summed E-state index contributed by atoms with van der Waals surface area (Å²) in [7, 11) is 0. The van der Waals surface area contributed by atoms with Crippen LogP contribution in [0.3, 0.4) is 0 Å². The molecule has 40 heavy (non-hydrogen) atoms. The molecule has 0 bridgehead atoms. The molecule has 186 valence electrons. The van der Waals surface area contributed by atoms with E-state index in [0.29, 0.717) is 5.56 Å². The minimum absolute atomic E-state index is 0.170. The zero-order chi connectivity index (χ0) is 26.7. The molecule has 0 fully saturated rings. The Hall–Kier alpha value is -5.19. The van der Waals surface area contributed by atoms with Crippen molar-refractivity contribution in [3.8, 4) is 28.3 Å². The molecule has 0 amide bonds. The molecular weight excluding hydrogens is 482 g/mol. The second-order valence-corrected chi connectivity index (χ2v) is 10.8. The van der Waals surface area contributed by atoms with Crippen molar-refractivity contribution in [3.05, 3.63) is 190 Å². The van der Waals surface area contributed by atoms with Crippen molar-refractivity contribution < 1.29 is 0 Å². The largest absolute Gasteiger partial charge is 0.192 e. The summed E-state index contributed by atoms with van der Waals surface area (Å²) in [6.45, 7) is 0. The van der Waals surface area contributed by atoms with Crippen LogP contribution in [0.5, 0.6) is 0 Å². The van der Waals surface area contributed by atoms with Crippen LogP contribution in [0.1, 0.15) is 50.4 Å². The van der Waals surface area contributed by atoms with E-state index in [0.717, 1.165) is 11.1 Å². The molecular formula is C39H25N. The maximum atomic E-state index is 9.50. The number of benzene rings is 6. The van der Waals surface area contributed by atoms with Gasteiger partial charge < -0.3 is 0 Å². The van der Waals surface area contributed by atoms with Crippen LogP contribution in [-0.2, 0) is 5.41 Å². The number of hydrogen-bond acceptors (Lipinski definition) is 1. The van der Waals surface area contributed by atoms with E-state index in [9.17, 15) is 5.26 Å². The first-order valence-corrected chi connectivity index (χ1v) is 13.8. The number of hydrogen-bond donors (Lipinski definition) is 0. The van der Waals surface area contributed by atoms with Gasteiger partial charge in [0.2, 0.25) is 0 Å². The number of rotatable bonds is 2. The van der Waals surface area contributed by atoms with Crippen LogP contribution >= 0.6 is 0 Å². The summed E-state index contributed by atoms with van der Waals surface area (Å²) in [5, 5.41) is 9.50. The molecule has 1 spiro atoms. The van der Waals surface area contributed by atoms with Gasteiger partial charge in [-0.3, -0.25) is 0 Å². The Bertz CT molecular complexity index is 1930. The average Bonchev–Trinajstić information content (AvgIpc) is 3.32. The Labute approximate surface area is 234 Å². The maximum Gasteiger partial charge on any atom is 0.0991 e. The monoisotopic (exact) mass is 507 g/mol. The highest BCUT2D eigenvalue weighted by Crippen LogP contribution is 2.62. The summed E-state index contributed by atoms with van der Waals surface area (Å²) >= 11 is 0. The van der Waals surface area contributed by atoms with E-state index in [1.165, 1.54) is 50.1 Å². The molecule has 0 heterocycles. The van der Waals surface area contributed by atoms with Crippen molar-refractivity contribution in [1.82, 2.24) is 0 Å². The predicted molar refractivity (Wildman–Crippen MR) is 161 cm³/mol. The van der Waals surface area contributed by atoms with Gasteiger partial charge in [0.25, 0.3) is 0 Å². The van der Waals surface area contributed by atoms with E-state index in [1.54, 1.807) is 0 Å². The predicted octanol–water partition coefficient (Wildman–Crippen LogP) is 9.08. The summed E-state index contributed by atoms with van der Waals surface area (Å²) in [5.74, 6) is 0.170. The third kappa shape index (κ3) is 3.02. The minimum Gasteiger partial charge on any atom is -0.192 e. The lowest BCUT2D eigenvalue weighted by atomic mass is 9.58. The molecule has 6 aromatic carbocycles. The summed E-state index contributed by atoms with van der Waals surface area (Å²) in [6.07, 6.45) is 0. The van der Waals surface area contributed by atoms with E-state index in [-0.39, 0.29) is 5.92 Å². The molecule has 1 heteroatoms. The molecule has 0 radical (unpaired) electrons. The van der Waals surface area contributed by atoms with Crippen molar-refractivity contribution in [2.75, 3.05) is 0 Å². The normalized spacial score (nSPS) is 17.8. The zero-order valence-corrected chi connectivity index (χ0v) is 21.9. The highest BCUT2D eigenvalue weighted by atomic mass is 14.5. The van der Waals surface area contributed by atoms with Crippen LogP contribution < -0.4 is 0 Å². The summed E-state index contributed by atoms with van der Waals surface area (Å²) in [4.78, 5) is 0. The van der Waals surface area contributed by atoms with Gasteiger partial charge in [-0.2, -0.15) is 5.26 Å². The highest BCUT2D eigenvalue weighted by Gasteiger charge is 2.51. The van der Waals surface area contributed by atoms with Gasteiger partial charge in [0, 0.05) is 5.92 Å². The standard InChI is InChI=1S/C39H25N/c40-25-26-11-10-14-28(23-26)29-21-22-37-33(24-29)30-15-4-7-18-34(30)39(37)35-19-8-5-16-31(35)38(27-12-2-1-3-13-27)32-17-6-9-20-36(32)39/h1-24,38H. The number of fused-ring (bicyclic) bond motifs is 9. The third-order valence-electron chi connectivity index (χ3n) is 8.85. The molecule has 0 atom stereocenters. The first-order chi connectivity index (χ1) is 19.8. The van der Waals surface area contributed by atoms with E-state index in [4.69, 9.17) is 0 Å². The average molecular weight is 508 g/mol. The van der Waals surface area contributed by atoms with Crippen molar-refractivity contribution in [1.29, 1.82) is 5.26 Å². The smallest absolute Gasteiger partial charge is 0.0991 e. The van der Waals surface area contributed by atoms with Crippen molar-refractivity contribution in [3.63, 3.8) is 0 Å². The molecule has 0 saturated carbocycles. The fraction of sp³-hybridized carbons (Fsp3) is 0.0513. The zero-order valence-electron chi connectivity index (χ0n) is 21.9. The van der Waals surface area contributed by atoms with Crippen LogP contribution in [0.25, 0.3) is 22.3 Å². The van der Waals surface area contributed by atoms with Gasteiger partial charge in [0.05, 0.1) is 17.0 Å². The molecule has 0 aliphatic heterocycles. The minimum atomic E-state index is -0.405. The maximum absolute atomic E-state index is 9.50. The first-order valence-electron chi connectivity index (χ1n) is 13.8. The van der Waals surface area contributed by atoms with Gasteiger partial charge in [-0.15, -0.1) is 0 Å². The Kier molecular flexibility index (Phi) is 4.93. The van der Waals surface area contributed by atoms with Crippen LogP contribution in [-0.4, -0.2) is 0 Å². The molecule has 2 aliphatic carbocycles. The molecule has 1 nitrogen and oxygen atoms in total. The van der Waals surface area contributed by atoms with Crippen molar-refractivity contribution in [2.45, 2.75) is 11.3 Å². The van der Waals surface area contributed by atoms with E-state index >= 15 is 0 Å². The second kappa shape index (κ2) is 8.67. The first kappa shape index (κ1) is 22.8. The Morgan fingerprint density at radius 3 is 1.80 bits per heavy atom. The fourth-order valence-electron chi connectivity index (χ4n) is 7.31. The van der Waals surface area contributed by atoms with Crippen molar-refractivity contribution >= 4 is 0 Å². The lowest BCUT2D eigenvalue weighted by Crippen LogP contribution is -2.35. The lowest BCUT2D eigenvalue weighted by molar-refractivity contribution is 0.697. The van der Waals surface area contributed by atoms with Gasteiger partial charge >= 0.3 is 0 Å². The second-order valence-electron chi connectivity index (χ2n) is 10.8. The Balaban J connectivity index is 1.46. The van der Waals surface area contributed by atoms with Gasteiger partial charge in [0.1, 0.15) is 0 Å². The molecule has 6 aromatic rings. The van der Waals surface area contributed by atoms with Crippen LogP contribution in [0.2, 0.25) is 0 Å². The SMILES string of the molecule is N#Cc1cccc(-c2ccc3c(c2)-c2ccccc2C32c3ccccc3C(c3ccccc3)c3ccccc32)c1. The third-order valence-corrected chi connectivity index (χ3v) is 8.85. The summed E-state index contributed by atoms with van der Waals surface area (Å²) in [6, 6.07) is 55.0. The Morgan fingerprint density at radius 2 is 1.07 bits per heavy atom. The summed E-state index contributed by atoms with van der Waals surface area (Å²) < 4.78 is 0. The van der Waals surface area contributed by atoms with Crippen LogP contribution in [0.4, 0.5) is 0 Å². The molecule has 0 saturated heterocycles. The van der Waals surface area contributed by atoms with E-state index in [1.807, 2.05) is 18.2 Å². The van der Waals surface area contributed by atoms with Gasteiger partial charge in [-0.05, 0) is 79.4 Å². The highest BCUT2D eigenvalue weighted by molar-refractivity contribution is 5.90. The van der Waals surface area contributed by atoms with Gasteiger partial charge in [-0.1, -0.05) is 127 Å². The lowest BCUT2D eigenvalue weighted by Gasteiger charge is -2.43. The summed E-state index contributed by atoms with van der Waals surface area (Å²) in [5.41, 5.74) is 14.4. The molecule has 2 aliphatic rings. The topological polar surface area (TPSA) is 23.8 Å². The quantitative estimate of drug-likeness (QED) is 0.229. The van der Waals surface area contributed by atoms with Crippen molar-refractivity contribution in [2.24, 2.45) is 0 Å². The number of nitriles is 1.